The molecule has 0 amide bonds. The van der Waals surface area contributed by atoms with Gasteiger partial charge < -0.3 is 4.74 Å². The van der Waals surface area contributed by atoms with Crippen LogP contribution in [0.15, 0.2) is 12.1 Å². The molecular formula is C11H11ClN2O. The van der Waals surface area contributed by atoms with Crippen molar-refractivity contribution in [3.05, 3.63) is 28.5 Å². The number of nitriles is 1. The van der Waals surface area contributed by atoms with Gasteiger partial charge in [0.05, 0.1) is 17.4 Å². The molecule has 0 aliphatic carbocycles. The standard InChI is InChI=1S/C11H11ClN2O/c12-11-8(7-13)4-5-9(14-11)10-3-1-2-6-15-10/h4-5,10H,1-3,6H2. The van der Waals surface area contributed by atoms with Gasteiger partial charge in [-0.15, -0.1) is 0 Å². The predicted molar refractivity (Wildman–Crippen MR) is 56.5 cm³/mol. The predicted octanol–water partition coefficient (Wildman–Crippen LogP) is 2.85. The van der Waals surface area contributed by atoms with Gasteiger partial charge in [0.15, 0.2) is 0 Å². The van der Waals surface area contributed by atoms with Crippen molar-refractivity contribution in [1.29, 1.82) is 5.26 Å². The molecule has 1 aliphatic rings. The molecule has 1 fully saturated rings. The van der Waals surface area contributed by atoms with Gasteiger partial charge in [-0.3, -0.25) is 0 Å². The first kappa shape index (κ1) is 10.4. The van der Waals surface area contributed by atoms with Gasteiger partial charge in [-0.1, -0.05) is 11.6 Å². The number of aromatic nitrogens is 1. The van der Waals surface area contributed by atoms with Gasteiger partial charge in [-0.25, -0.2) is 4.98 Å². The van der Waals surface area contributed by atoms with Crippen LogP contribution < -0.4 is 0 Å². The molecule has 3 nitrogen and oxygen atoms in total. The van der Waals surface area contributed by atoms with Crippen molar-refractivity contribution in [3.8, 4) is 6.07 Å². The molecule has 0 spiro atoms. The molecule has 0 N–H and O–H groups in total. The molecule has 0 bridgehead atoms. The summed E-state index contributed by atoms with van der Waals surface area (Å²) < 4.78 is 5.59. The fourth-order valence-corrected chi connectivity index (χ4v) is 1.89. The van der Waals surface area contributed by atoms with Gasteiger partial charge in [-0.2, -0.15) is 5.26 Å². The topological polar surface area (TPSA) is 45.9 Å². The molecule has 0 saturated carbocycles. The first-order valence-electron chi connectivity index (χ1n) is 4.99. The Kier molecular flexibility index (Phi) is 3.20. The molecule has 1 atom stereocenters. The highest BCUT2D eigenvalue weighted by Gasteiger charge is 2.18. The lowest BCUT2D eigenvalue weighted by Gasteiger charge is -2.22. The maximum absolute atomic E-state index is 8.71. The highest BCUT2D eigenvalue weighted by Crippen LogP contribution is 2.27. The summed E-state index contributed by atoms with van der Waals surface area (Å²) in [5.74, 6) is 0. The van der Waals surface area contributed by atoms with E-state index in [2.05, 4.69) is 4.98 Å². The van der Waals surface area contributed by atoms with E-state index < -0.39 is 0 Å². The molecule has 0 radical (unpaired) electrons. The van der Waals surface area contributed by atoms with Crippen LogP contribution in [-0.4, -0.2) is 11.6 Å². The van der Waals surface area contributed by atoms with Crippen LogP contribution in [0.3, 0.4) is 0 Å². The SMILES string of the molecule is N#Cc1ccc(C2CCCCO2)nc1Cl. The van der Waals surface area contributed by atoms with Gasteiger partial charge in [0.2, 0.25) is 0 Å². The second-order valence-electron chi connectivity index (χ2n) is 3.54. The van der Waals surface area contributed by atoms with Crippen LogP contribution in [0.5, 0.6) is 0 Å². The smallest absolute Gasteiger partial charge is 0.147 e. The van der Waals surface area contributed by atoms with Crippen LogP contribution in [0.1, 0.15) is 36.6 Å². The van der Waals surface area contributed by atoms with E-state index in [1.807, 2.05) is 12.1 Å². The summed E-state index contributed by atoms with van der Waals surface area (Å²) in [5, 5.41) is 8.98. The quantitative estimate of drug-likeness (QED) is 0.687. The van der Waals surface area contributed by atoms with Gasteiger partial charge in [0.1, 0.15) is 11.2 Å². The van der Waals surface area contributed by atoms with E-state index in [1.165, 1.54) is 0 Å². The fourth-order valence-electron chi connectivity index (χ4n) is 1.69. The number of hydrogen-bond acceptors (Lipinski definition) is 3. The van der Waals surface area contributed by atoms with E-state index in [0.29, 0.717) is 5.56 Å². The van der Waals surface area contributed by atoms with E-state index >= 15 is 0 Å². The lowest BCUT2D eigenvalue weighted by molar-refractivity contribution is 0.0123. The zero-order chi connectivity index (χ0) is 10.7. The molecule has 1 unspecified atom stereocenters. The molecule has 4 heteroatoms. The molecule has 2 heterocycles. The van der Waals surface area contributed by atoms with E-state index in [4.69, 9.17) is 21.6 Å². The van der Waals surface area contributed by atoms with E-state index in [9.17, 15) is 0 Å². The minimum absolute atomic E-state index is 0.0454. The van der Waals surface area contributed by atoms with Crippen LogP contribution in [0.25, 0.3) is 0 Å². The lowest BCUT2D eigenvalue weighted by Crippen LogP contribution is -2.12. The Bertz CT molecular complexity index is 394. The van der Waals surface area contributed by atoms with Crippen molar-refractivity contribution in [2.24, 2.45) is 0 Å². The summed E-state index contributed by atoms with van der Waals surface area (Å²) in [6.45, 7) is 0.782. The van der Waals surface area contributed by atoms with Gasteiger partial charge in [0.25, 0.3) is 0 Å². The normalized spacial score (nSPS) is 20.9. The monoisotopic (exact) mass is 222 g/mol. The van der Waals surface area contributed by atoms with E-state index in [1.54, 1.807) is 6.07 Å². The van der Waals surface area contributed by atoms with Crippen LogP contribution in [0.2, 0.25) is 5.15 Å². The average Bonchev–Trinajstić information content (AvgIpc) is 2.30. The van der Waals surface area contributed by atoms with Crippen molar-refractivity contribution in [2.75, 3.05) is 6.61 Å². The number of halogens is 1. The Labute approximate surface area is 93.6 Å². The van der Waals surface area contributed by atoms with Crippen LogP contribution >= 0.6 is 11.6 Å². The molecule has 1 aliphatic heterocycles. The largest absolute Gasteiger partial charge is 0.372 e. The summed E-state index contributed by atoms with van der Waals surface area (Å²) in [6, 6.07) is 5.51. The van der Waals surface area contributed by atoms with Crippen molar-refractivity contribution in [2.45, 2.75) is 25.4 Å². The van der Waals surface area contributed by atoms with E-state index in [-0.39, 0.29) is 11.3 Å². The maximum atomic E-state index is 8.71. The third-order valence-electron chi connectivity index (χ3n) is 2.50. The Hall–Kier alpha value is -1.11. The van der Waals surface area contributed by atoms with Gasteiger partial charge in [-0.05, 0) is 31.4 Å². The highest BCUT2D eigenvalue weighted by molar-refractivity contribution is 6.30. The summed E-state index contributed by atoms with van der Waals surface area (Å²) in [7, 11) is 0. The summed E-state index contributed by atoms with van der Waals surface area (Å²) >= 11 is 5.86. The Morgan fingerprint density at radius 3 is 2.93 bits per heavy atom. The van der Waals surface area contributed by atoms with Crippen molar-refractivity contribution < 1.29 is 4.74 Å². The first-order chi connectivity index (χ1) is 7.31. The van der Waals surface area contributed by atoms with E-state index in [0.717, 1.165) is 31.6 Å². The fraction of sp³-hybridized carbons (Fsp3) is 0.455. The van der Waals surface area contributed by atoms with Crippen molar-refractivity contribution >= 4 is 11.6 Å². The number of hydrogen-bond donors (Lipinski definition) is 0. The minimum Gasteiger partial charge on any atom is -0.372 e. The van der Waals surface area contributed by atoms with Gasteiger partial charge in [0, 0.05) is 6.61 Å². The van der Waals surface area contributed by atoms with Crippen LogP contribution in [0, 0.1) is 11.3 Å². The number of nitrogens with zero attached hydrogens (tertiary/aromatic N) is 2. The first-order valence-corrected chi connectivity index (χ1v) is 5.37. The molecule has 1 saturated heterocycles. The molecule has 0 aromatic carbocycles. The molecule has 2 rings (SSSR count). The van der Waals surface area contributed by atoms with Crippen LogP contribution in [-0.2, 0) is 4.74 Å². The molecule has 78 valence electrons. The van der Waals surface area contributed by atoms with Crippen LogP contribution in [0.4, 0.5) is 0 Å². The summed E-state index contributed by atoms with van der Waals surface area (Å²) in [6.07, 6.45) is 3.30. The van der Waals surface area contributed by atoms with Gasteiger partial charge >= 0.3 is 0 Å². The Balaban J connectivity index is 2.22. The zero-order valence-corrected chi connectivity index (χ0v) is 9.00. The Morgan fingerprint density at radius 1 is 1.47 bits per heavy atom. The zero-order valence-electron chi connectivity index (χ0n) is 8.24. The molecular weight excluding hydrogens is 212 g/mol. The number of ether oxygens (including phenoxy) is 1. The molecule has 1 aromatic heterocycles. The highest BCUT2D eigenvalue weighted by atomic mass is 35.5. The van der Waals surface area contributed by atoms with Crippen molar-refractivity contribution in [3.63, 3.8) is 0 Å². The number of pyridine rings is 1. The minimum atomic E-state index is 0.0454. The summed E-state index contributed by atoms with van der Waals surface area (Å²) in [4.78, 5) is 4.19. The second kappa shape index (κ2) is 4.61. The average molecular weight is 223 g/mol. The Morgan fingerprint density at radius 2 is 2.33 bits per heavy atom. The third kappa shape index (κ3) is 2.28. The number of rotatable bonds is 1. The second-order valence-corrected chi connectivity index (χ2v) is 3.90. The molecule has 15 heavy (non-hydrogen) atoms. The summed E-state index contributed by atoms with van der Waals surface area (Å²) in [5.41, 5.74) is 1.25. The molecule has 1 aromatic rings. The lowest BCUT2D eigenvalue weighted by atomic mass is 10.1. The maximum Gasteiger partial charge on any atom is 0.147 e. The third-order valence-corrected chi connectivity index (χ3v) is 2.79. The van der Waals surface area contributed by atoms with Crippen molar-refractivity contribution in [1.82, 2.24) is 4.98 Å².